The molecule has 0 amide bonds. The zero-order valence-corrected chi connectivity index (χ0v) is 10.5. The lowest BCUT2D eigenvalue weighted by Gasteiger charge is -2.11. The van der Waals surface area contributed by atoms with Crippen molar-refractivity contribution in [1.29, 1.82) is 0 Å². The Morgan fingerprint density at radius 3 is 2.50 bits per heavy atom. The lowest BCUT2D eigenvalue weighted by Crippen LogP contribution is -2.09. The lowest BCUT2D eigenvalue weighted by atomic mass is 10.3. The minimum Gasteiger partial charge on any atom is -0.396 e. The largest absolute Gasteiger partial charge is 0.396 e. The topological polar surface area (TPSA) is 98.0 Å². The average molecular weight is 264 g/mol. The molecule has 1 aromatic carbocycles. The average Bonchev–Trinajstić information content (AvgIpc) is 2.32. The number of nitrogens with two attached hydrogens (primary N) is 1. The second kappa shape index (κ2) is 4.61. The summed E-state index contributed by atoms with van der Waals surface area (Å²) in [5.41, 5.74) is 6.94. The number of nitrogens with one attached hydrogen (secondary N) is 1. The van der Waals surface area contributed by atoms with Crippen molar-refractivity contribution in [3.05, 3.63) is 36.5 Å². The molecular weight excluding hydrogens is 252 g/mol. The molecule has 0 saturated heterocycles. The van der Waals surface area contributed by atoms with E-state index in [9.17, 15) is 8.42 Å². The van der Waals surface area contributed by atoms with Gasteiger partial charge in [-0.1, -0.05) is 18.2 Å². The van der Waals surface area contributed by atoms with Crippen LogP contribution in [0, 0.1) is 0 Å². The molecule has 0 unspecified atom stereocenters. The number of hydrogen-bond donors (Lipinski definition) is 2. The summed E-state index contributed by atoms with van der Waals surface area (Å²) in [5, 5.41) is 9.97. The lowest BCUT2D eigenvalue weighted by molar-refractivity contribution is 0.596. The van der Waals surface area contributed by atoms with E-state index in [1.54, 1.807) is 12.1 Å². The van der Waals surface area contributed by atoms with Gasteiger partial charge in [0, 0.05) is 11.9 Å². The van der Waals surface area contributed by atoms with Crippen molar-refractivity contribution in [2.24, 2.45) is 0 Å². The third-order valence-corrected chi connectivity index (χ3v) is 3.23. The minimum absolute atomic E-state index is 0.161. The first kappa shape index (κ1) is 12.3. The monoisotopic (exact) mass is 264 g/mol. The van der Waals surface area contributed by atoms with E-state index in [0.717, 1.165) is 11.9 Å². The van der Waals surface area contributed by atoms with E-state index in [2.05, 4.69) is 15.5 Å². The summed E-state index contributed by atoms with van der Waals surface area (Å²) in [6, 6.07) is 9.11. The highest BCUT2D eigenvalue weighted by Gasteiger charge is 2.18. The summed E-state index contributed by atoms with van der Waals surface area (Å²) in [7, 11) is -3.49. The Morgan fingerprint density at radius 1 is 1.22 bits per heavy atom. The molecule has 7 heteroatoms. The van der Waals surface area contributed by atoms with Gasteiger partial charge in [-0.25, -0.2) is 8.42 Å². The molecular formula is C11H12N4O2S. The normalized spacial score (nSPS) is 11.2. The van der Waals surface area contributed by atoms with Crippen LogP contribution in [0.15, 0.2) is 41.6 Å². The predicted molar refractivity (Wildman–Crippen MR) is 69.3 cm³/mol. The van der Waals surface area contributed by atoms with Gasteiger partial charge in [0.15, 0.2) is 9.84 Å². The third kappa shape index (κ3) is 2.57. The first-order chi connectivity index (χ1) is 8.48. The molecule has 3 N–H and O–H groups in total. The van der Waals surface area contributed by atoms with E-state index in [0.29, 0.717) is 0 Å². The van der Waals surface area contributed by atoms with Crippen LogP contribution < -0.4 is 11.1 Å². The van der Waals surface area contributed by atoms with Crippen LogP contribution in [0.1, 0.15) is 0 Å². The fourth-order valence-corrected chi connectivity index (χ4v) is 2.17. The molecule has 0 aliphatic carbocycles. The number of nitrogens with zero attached hydrogens (tertiary/aromatic N) is 2. The van der Waals surface area contributed by atoms with Gasteiger partial charge in [0.1, 0.15) is 5.69 Å². The fourth-order valence-electron chi connectivity index (χ4n) is 1.43. The first-order valence-electron chi connectivity index (χ1n) is 5.12. The molecule has 0 atom stereocenters. The fraction of sp³-hybridized carbons (Fsp3) is 0.0909. The number of para-hydroxylation sites is 1. The highest BCUT2D eigenvalue weighted by molar-refractivity contribution is 7.90. The summed E-state index contributed by atoms with van der Waals surface area (Å²) in [5.74, 6) is 0. The van der Waals surface area contributed by atoms with Crippen LogP contribution in [0.3, 0.4) is 0 Å². The maximum absolute atomic E-state index is 11.6. The second-order valence-corrected chi connectivity index (χ2v) is 5.67. The summed E-state index contributed by atoms with van der Waals surface area (Å²) in [6.07, 6.45) is 2.37. The summed E-state index contributed by atoms with van der Waals surface area (Å²) in [4.78, 5) is 0. The van der Waals surface area contributed by atoms with Gasteiger partial charge < -0.3 is 11.1 Å². The highest BCUT2D eigenvalue weighted by Crippen LogP contribution is 2.27. The number of sulfone groups is 1. The Kier molecular flexibility index (Phi) is 3.15. The van der Waals surface area contributed by atoms with Crippen LogP contribution in [0.25, 0.3) is 0 Å². The van der Waals surface area contributed by atoms with Gasteiger partial charge in [0.05, 0.1) is 11.9 Å². The van der Waals surface area contributed by atoms with Crippen molar-refractivity contribution in [3.63, 3.8) is 0 Å². The zero-order chi connectivity index (χ0) is 13.2. The van der Waals surface area contributed by atoms with Gasteiger partial charge in [-0.2, -0.15) is 5.10 Å². The second-order valence-electron chi connectivity index (χ2n) is 3.74. The van der Waals surface area contributed by atoms with Crippen molar-refractivity contribution >= 4 is 26.9 Å². The van der Waals surface area contributed by atoms with Crippen LogP contribution in [0.5, 0.6) is 0 Å². The molecule has 0 fully saturated rings. The Labute approximate surface area is 105 Å². The molecule has 6 nitrogen and oxygen atoms in total. The SMILES string of the molecule is CS(=O)(=O)c1nncc(N)c1Nc1ccccc1. The maximum Gasteiger partial charge on any atom is 0.202 e. The molecule has 0 spiro atoms. The Hall–Kier alpha value is -2.15. The van der Waals surface area contributed by atoms with Crippen molar-refractivity contribution in [1.82, 2.24) is 10.2 Å². The smallest absolute Gasteiger partial charge is 0.202 e. The van der Waals surface area contributed by atoms with Gasteiger partial charge in [-0.05, 0) is 12.1 Å². The number of rotatable bonds is 3. The molecule has 1 aromatic heterocycles. The Balaban J connectivity index is 2.51. The van der Waals surface area contributed by atoms with Gasteiger partial charge in [0.25, 0.3) is 0 Å². The Bertz CT molecular complexity index is 656. The van der Waals surface area contributed by atoms with Crippen molar-refractivity contribution in [2.45, 2.75) is 5.03 Å². The van der Waals surface area contributed by atoms with Crippen molar-refractivity contribution in [3.8, 4) is 0 Å². The predicted octanol–water partition coefficient (Wildman–Crippen LogP) is 1.21. The van der Waals surface area contributed by atoms with E-state index >= 15 is 0 Å². The molecule has 0 aliphatic heterocycles. The molecule has 0 bridgehead atoms. The van der Waals surface area contributed by atoms with Crippen LogP contribution in [-0.2, 0) is 9.84 Å². The van der Waals surface area contributed by atoms with E-state index in [-0.39, 0.29) is 16.4 Å². The van der Waals surface area contributed by atoms with Crippen molar-refractivity contribution in [2.75, 3.05) is 17.3 Å². The molecule has 0 saturated carbocycles. The number of hydrogen-bond acceptors (Lipinski definition) is 6. The van der Waals surface area contributed by atoms with Crippen molar-refractivity contribution < 1.29 is 8.42 Å². The van der Waals surface area contributed by atoms with Gasteiger partial charge in [-0.15, -0.1) is 5.10 Å². The van der Waals surface area contributed by atoms with Gasteiger partial charge in [0.2, 0.25) is 5.03 Å². The molecule has 94 valence electrons. The highest BCUT2D eigenvalue weighted by atomic mass is 32.2. The van der Waals surface area contributed by atoms with E-state index in [1.165, 1.54) is 6.20 Å². The van der Waals surface area contributed by atoms with Crippen LogP contribution >= 0.6 is 0 Å². The maximum atomic E-state index is 11.6. The van der Waals surface area contributed by atoms with Crippen LogP contribution in [0.4, 0.5) is 17.1 Å². The first-order valence-corrected chi connectivity index (χ1v) is 7.01. The molecule has 1 heterocycles. The van der Waals surface area contributed by atoms with Crippen LogP contribution in [-0.4, -0.2) is 24.9 Å². The van der Waals surface area contributed by atoms with Gasteiger partial charge in [-0.3, -0.25) is 0 Å². The molecule has 18 heavy (non-hydrogen) atoms. The summed E-state index contributed by atoms with van der Waals surface area (Å²) < 4.78 is 23.2. The number of nitrogen functional groups attached to an aromatic ring is 1. The number of anilines is 3. The molecule has 0 aliphatic rings. The standard InChI is InChI=1S/C11H12N4O2S/c1-18(16,17)11-10(9(12)7-13-15-11)14-8-5-3-2-4-6-8/h2-7H,1H3,(H2,12,15)(H,13,14). The summed E-state index contributed by atoms with van der Waals surface area (Å²) >= 11 is 0. The third-order valence-electron chi connectivity index (χ3n) is 2.24. The minimum atomic E-state index is -3.49. The number of benzene rings is 1. The van der Waals surface area contributed by atoms with Crippen LogP contribution in [0.2, 0.25) is 0 Å². The zero-order valence-electron chi connectivity index (χ0n) is 9.66. The van der Waals surface area contributed by atoms with Gasteiger partial charge >= 0.3 is 0 Å². The molecule has 0 radical (unpaired) electrons. The molecule has 2 rings (SSSR count). The summed E-state index contributed by atoms with van der Waals surface area (Å²) in [6.45, 7) is 0. The quantitative estimate of drug-likeness (QED) is 0.864. The van der Waals surface area contributed by atoms with E-state index in [1.807, 2.05) is 18.2 Å². The number of aromatic nitrogens is 2. The van der Waals surface area contributed by atoms with E-state index in [4.69, 9.17) is 5.73 Å². The van der Waals surface area contributed by atoms with E-state index < -0.39 is 9.84 Å². The Morgan fingerprint density at radius 2 is 1.89 bits per heavy atom. The molecule has 2 aromatic rings.